The Labute approximate surface area is 85.9 Å². The van der Waals surface area contributed by atoms with Crippen molar-refractivity contribution in [3.05, 3.63) is 41.8 Å². The normalized spacial score (nSPS) is 10.3. The second-order valence-corrected chi connectivity index (χ2v) is 3.66. The molecule has 0 aliphatic rings. The summed E-state index contributed by atoms with van der Waals surface area (Å²) in [5.41, 5.74) is 1.27. The maximum Gasteiger partial charge on any atom is 0.0437 e. The van der Waals surface area contributed by atoms with E-state index in [1.54, 1.807) is 0 Å². The highest BCUT2D eigenvalue weighted by atomic mass is 35.5. The molecule has 0 saturated heterocycles. The van der Waals surface area contributed by atoms with Gasteiger partial charge >= 0.3 is 0 Å². The van der Waals surface area contributed by atoms with Crippen LogP contribution in [0, 0.1) is 6.92 Å². The Balaban J connectivity index is 2.32. The van der Waals surface area contributed by atoms with Crippen LogP contribution in [0.1, 0.15) is 31.2 Å². The topological polar surface area (TPSA) is 0 Å². The van der Waals surface area contributed by atoms with E-state index in [0.29, 0.717) is 0 Å². The number of aryl methyl sites for hydroxylation is 1. The van der Waals surface area contributed by atoms with E-state index >= 15 is 0 Å². The molecule has 13 heavy (non-hydrogen) atoms. The molecule has 0 aliphatic carbocycles. The molecule has 0 aromatic heterocycles. The van der Waals surface area contributed by atoms with Gasteiger partial charge in [-0.25, -0.2) is 0 Å². The Morgan fingerprint density at radius 1 is 1.08 bits per heavy atom. The molecule has 1 radical (unpaired) electrons. The summed E-state index contributed by atoms with van der Waals surface area (Å²) in [6, 6.07) is 8.08. The van der Waals surface area contributed by atoms with E-state index in [0.717, 1.165) is 17.9 Å². The van der Waals surface area contributed by atoms with Gasteiger partial charge in [-0.1, -0.05) is 56.0 Å². The molecule has 0 bridgehead atoms. The van der Waals surface area contributed by atoms with Gasteiger partial charge < -0.3 is 0 Å². The average Bonchev–Trinajstić information content (AvgIpc) is 2.15. The largest absolute Gasteiger partial charge is 0.0840 e. The van der Waals surface area contributed by atoms with Crippen molar-refractivity contribution in [1.82, 2.24) is 0 Å². The van der Waals surface area contributed by atoms with Crippen LogP contribution in [-0.2, 0) is 6.42 Å². The van der Waals surface area contributed by atoms with Crippen LogP contribution in [0.15, 0.2) is 24.3 Å². The average molecular weight is 196 g/mol. The van der Waals surface area contributed by atoms with Crippen molar-refractivity contribution >= 4 is 11.6 Å². The molecule has 0 heterocycles. The summed E-state index contributed by atoms with van der Waals surface area (Å²) in [6.45, 7) is 3.82. The van der Waals surface area contributed by atoms with Gasteiger partial charge in [0.2, 0.25) is 0 Å². The molecule has 0 amide bonds. The first-order valence-corrected chi connectivity index (χ1v) is 5.25. The van der Waals surface area contributed by atoms with Crippen LogP contribution in [0.5, 0.6) is 0 Å². The van der Waals surface area contributed by atoms with Crippen molar-refractivity contribution < 1.29 is 0 Å². The molecule has 0 spiro atoms. The maximum atomic E-state index is 6.02. The zero-order valence-corrected chi connectivity index (χ0v) is 8.69. The summed E-state index contributed by atoms with van der Waals surface area (Å²) in [5, 5.41) is 0.900. The number of rotatable bonds is 5. The summed E-state index contributed by atoms with van der Waals surface area (Å²) < 4.78 is 0. The summed E-state index contributed by atoms with van der Waals surface area (Å²) in [7, 11) is 0. The number of unbranched alkanes of at least 4 members (excludes halogenated alkanes) is 3. The first-order valence-electron chi connectivity index (χ1n) is 4.87. The Morgan fingerprint density at radius 2 is 1.85 bits per heavy atom. The van der Waals surface area contributed by atoms with Crippen LogP contribution in [-0.4, -0.2) is 0 Å². The van der Waals surface area contributed by atoms with Gasteiger partial charge in [0.25, 0.3) is 0 Å². The number of hydrogen-bond donors (Lipinski definition) is 0. The first kappa shape index (κ1) is 10.6. The minimum atomic E-state index is 0.900. The molecule has 71 valence electrons. The van der Waals surface area contributed by atoms with Crippen LogP contribution < -0.4 is 0 Å². The molecule has 1 heteroatoms. The molecule has 0 fully saturated rings. The molecule has 0 aliphatic heterocycles. The smallest absolute Gasteiger partial charge is 0.0437 e. The second kappa shape index (κ2) is 6.04. The standard InChI is InChI=1S/C12H16Cl/c1-2-3-4-5-8-11-9-6-7-10-12(11)13/h6-7,9-10H,1-5,8H2. The lowest BCUT2D eigenvalue weighted by Crippen LogP contribution is -1.86. The van der Waals surface area contributed by atoms with Crippen LogP contribution in [0.3, 0.4) is 0 Å². The minimum Gasteiger partial charge on any atom is -0.0840 e. The molecule has 1 aromatic carbocycles. The fourth-order valence-electron chi connectivity index (χ4n) is 1.37. The van der Waals surface area contributed by atoms with Gasteiger partial charge in [0.05, 0.1) is 0 Å². The third-order valence-electron chi connectivity index (χ3n) is 2.15. The van der Waals surface area contributed by atoms with Gasteiger partial charge in [-0.2, -0.15) is 0 Å². The Bertz CT molecular complexity index is 243. The molecule has 0 unspecified atom stereocenters. The monoisotopic (exact) mass is 195 g/mol. The summed E-state index contributed by atoms with van der Waals surface area (Å²) in [6.07, 6.45) is 5.85. The molecule has 0 N–H and O–H groups in total. The molecule has 0 saturated carbocycles. The fourth-order valence-corrected chi connectivity index (χ4v) is 1.60. The third-order valence-corrected chi connectivity index (χ3v) is 2.52. The highest BCUT2D eigenvalue weighted by Crippen LogP contribution is 2.17. The molecule has 1 rings (SSSR count). The lowest BCUT2D eigenvalue weighted by Gasteiger charge is -2.02. The van der Waals surface area contributed by atoms with E-state index in [1.165, 1.54) is 24.8 Å². The number of hydrogen-bond acceptors (Lipinski definition) is 0. The maximum absolute atomic E-state index is 6.02. The SMILES string of the molecule is [CH2]CCCCCc1ccccc1Cl. The second-order valence-electron chi connectivity index (χ2n) is 3.26. The van der Waals surface area contributed by atoms with Gasteiger partial charge in [-0.3, -0.25) is 0 Å². The van der Waals surface area contributed by atoms with E-state index < -0.39 is 0 Å². The van der Waals surface area contributed by atoms with Crippen molar-refractivity contribution in [2.24, 2.45) is 0 Å². The van der Waals surface area contributed by atoms with E-state index in [4.69, 9.17) is 11.6 Å². The highest BCUT2D eigenvalue weighted by Gasteiger charge is 1.97. The highest BCUT2D eigenvalue weighted by molar-refractivity contribution is 6.31. The van der Waals surface area contributed by atoms with Crippen LogP contribution in [0.25, 0.3) is 0 Å². The zero-order chi connectivity index (χ0) is 9.52. The van der Waals surface area contributed by atoms with Crippen molar-refractivity contribution in [2.45, 2.75) is 32.1 Å². The Hall–Kier alpha value is -0.490. The summed E-state index contributed by atoms with van der Waals surface area (Å²) in [5.74, 6) is 0. The predicted octanol–water partition coefficient (Wildman–Crippen LogP) is 4.28. The third kappa shape index (κ3) is 3.82. The molecule has 1 aromatic rings. The van der Waals surface area contributed by atoms with Crippen molar-refractivity contribution in [3.63, 3.8) is 0 Å². The molecule has 0 nitrogen and oxygen atoms in total. The fraction of sp³-hybridized carbons (Fsp3) is 0.417. The number of halogens is 1. The van der Waals surface area contributed by atoms with Gasteiger partial charge in [0.1, 0.15) is 0 Å². The molecule has 0 atom stereocenters. The summed E-state index contributed by atoms with van der Waals surface area (Å²) >= 11 is 6.02. The van der Waals surface area contributed by atoms with E-state index in [-0.39, 0.29) is 0 Å². The predicted molar refractivity (Wildman–Crippen MR) is 59.0 cm³/mol. The van der Waals surface area contributed by atoms with Crippen LogP contribution in [0.2, 0.25) is 5.02 Å². The van der Waals surface area contributed by atoms with Crippen LogP contribution in [0.4, 0.5) is 0 Å². The Morgan fingerprint density at radius 3 is 2.54 bits per heavy atom. The minimum absolute atomic E-state index is 0.900. The van der Waals surface area contributed by atoms with Crippen molar-refractivity contribution in [3.8, 4) is 0 Å². The zero-order valence-electron chi connectivity index (χ0n) is 7.93. The lowest BCUT2D eigenvalue weighted by molar-refractivity contribution is 0.686. The first-order chi connectivity index (χ1) is 6.34. The van der Waals surface area contributed by atoms with Crippen LogP contribution >= 0.6 is 11.6 Å². The van der Waals surface area contributed by atoms with Crippen molar-refractivity contribution in [2.75, 3.05) is 0 Å². The van der Waals surface area contributed by atoms with E-state index in [9.17, 15) is 0 Å². The van der Waals surface area contributed by atoms with Gasteiger partial charge in [-0.15, -0.1) is 0 Å². The van der Waals surface area contributed by atoms with E-state index in [1.807, 2.05) is 18.2 Å². The number of benzene rings is 1. The quantitative estimate of drug-likeness (QED) is 0.616. The molecular weight excluding hydrogens is 180 g/mol. The molecular formula is C12H16Cl. The van der Waals surface area contributed by atoms with E-state index in [2.05, 4.69) is 13.0 Å². The van der Waals surface area contributed by atoms with Gasteiger partial charge in [0.15, 0.2) is 0 Å². The van der Waals surface area contributed by atoms with Gasteiger partial charge in [-0.05, 0) is 24.5 Å². The summed E-state index contributed by atoms with van der Waals surface area (Å²) in [4.78, 5) is 0. The van der Waals surface area contributed by atoms with Gasteiger partial charge in [0, 0.05) is 5.02 Å². The van der Waals surface area contributed by atoms with Crippen molar-refractivity contribution in [1.29, 1.82) is 0 Å². The Kier molecular flexibility index (Phi) is 4.92. The lowest BCUT2D eigenvalue weighted by atomic mass is 10.1.